The summed E-state index contributed by atoms with van der Waals surface area (Å²) in [6.07, 6.45) is 2.98. The number of hydrogen-bond acceptors (Lipinski definition) is 5. The van der Waals surface area contributed by atoms with Gasteiger partial charge in [-0.15, -0.1) is 0 Å². The molecule has 0 aliphatic carbocycles. The number of thiocarbonyl (C=S) groups is 1. The molecule has 1 atom stereocenters. The zero-order valence-electron chi connectivity index (χ0n) is 13.1. The van der Waals surface area contributed by atoms with Gasteiger partial charge in [0.1, 0.15) is 18.2 Å². The fourth-order valence-electron chi connectivity index (χ4n) is 2.63. The second kappa shape index (κ2) is 8.86. The third-order valence-corrected chi connectivity index (χ3v) is 4.23. The average Bonchev–Trinajstić information content (AvgIpc) is 2.54. The zero-order valence-corrected chi connectivity index (χ0v) is 13.9. The highest BCUT2D eigenvalue weighted by atomic mass is 32.1. The normalized spacial score (nSPS) is 18.5. The van der Waals surface area contributed by atoms with E-state index in [9.17, 15) is 9.18 Å². The van der Waals surface area contributed by atoms with Crippen molar-refractivity contribution in [3.05, 3.63) is 35.7 Å². The summed E-state index contributed by atoms with van der Waals surface area (Å²) in [6, 6.07) is 4.06. The lowest BCUT2D eigenvalue weighted by Crippen LogP contribution is -2.35. The average molecular weight is 353 g/mol. The van der Waals surface area contributed by atoms with Crippen LogP contribution in [0.5, 0.6) is 5.75 Å². The van der Waals surface area contributed by atoms with Crippen molar-refractivity contribution in [2.24, 2.45) is 5.92 Å². The molecule has 1 amide bonds. The lowest BCUT2D eigenvalue weighted by molar-refractivity contribution is -0.115. The van der Waals surface area contributed by atoms with E-state index in [4.69, 9.17) is 27.2 Å². The maximum atomic E-state index is 13.7. The summed E-state index contributed by atoms with van der Waals surface area (Å²) >= 11 is 5.19. The molecule has 0 spiro atoms. The van der Waals surface area contributed by atoms with Gasteiger partial charge in [-0.05, 0) is 43.0 Å². The Morgan fingerprint density at radius 3 is 2.83 bits per heavy atom. The maximum absolute atomic E-state index is 13.7. The van der Waals surface area contributed by atoms with E-state index >= 15 is 0 Å². The summed E-state index contributed by atoms with van der Waals surface area (Å²) in [6.45, 7) is -0.108. The van der Waals surface area contributed by atoms with Crippen molar-refractivity contribution in [2.75, 3.05) is 19.8 Å². The molecule has 2 rings (SSSR count). The Morgan fingerprint density at radius 1 is 1.33 bits per heavy atom. The van der Waals surface area contributed by atoms with Crippen molar-refractivity contribution < 1.29 is 24.1 Å². The van der Waals surface area contributed by atoms with Crippen LogP contribution in [0.3, 0.4) is 0 Å². The number of halogens is 1. The molecule has 0 bridgehead atoms. The summed E-state index contributed by atoms with van der Waals surface area (Å²) in [5, 5.41) is 20.7. The largest absolute Gasteiger partial charge is 0.491 e. The van der Waals surface area contributed by atoms with Gasteiger partial charge < -0.3 is 20.3 Å². The first kappa shape index (κ1) is 18.5. The number of aliphatic hydroxyl groups excluding tert-OH is 2. The Morgan fingerprint density at radius 2 is 2.12 bits per heavy atom. The minimum Gasteiger partial charge on any atom is -0.491 e. The molecule has 1 aliphatic heterocycles. The van der Waals surface area contributed by atoms with E-state index in [1.54, 1.807) is 0 Å². The van der Waals surface area contributed by atoms with Crippen molar-refractivity contribution in [2.45, 2.75) is 19.3 Å². The van der Waals surface area contributed by atoms with E-state index in [1.807, 2.05) is 0 Å². The smallest absolute Gasteiger partial charge is 0.249 e. The van der Waals surface area contributed by atoms with Crippen LogP contribution in [0.2, 0.25) is 0 Å². The van der Waals surface area contributed by atoms with E-state index in [0.717, 1.165) is 0 Å². The molecule has 0 aromatic heterocycles. The first-order valence-corrected chi connectivity index (χ1v) is 8.15. The van der Waals surface area contributed by atoms with Crippen LogP contribution < -0.4 is 10.1 Å². The van der Waals surface area contributed by atoms with E-state index in [2.05, 4.69) is 5.32 Å². The molecule has 1 aliphatic rings. The van der Waals surface area contributed by atoms with Gasteiger partial charge in [0.25, 0.3) is 0 Å². The van der Waals surface area contributed by atoms with E-state index < -0.39 is 5.82 Å². The molecule has 1 aromatic carbocycles. The molecule has 0 saturated carbocycles. The quantitative estimate of drug-likeness (QED) is 0.680. The Hall–Kier alpha value is -1.83. The molecule has 1 aromatic rings. The Bertz CT molecular complexity index is 647. The lowest BCUT2D eigenvalue weighted by atomic mass is 9.91. The van der Waals surface area contributed by atoms with Gasteiger partial charge in [-0.1, -0.05) is 12.2 Å². The monoisotopic (exact) mass is 353 g/mol. The van der Waals surface area contributed by atoms with Crippen LogP contribution in [0.1, 0.15) is 24.8 Å². The first-order chi connectivity index (χ1) is 11.5. The third-order valence-electron chi connectivity index (χ3n) is 3.80. The number of rotatable bonds is 6. The highest BCUT2D eigenvalue weighted by molar-refractivity contribution is 7.80. The number of allylic oxidation sites excluding steroid dienone is 1. The molecular formula is C17H20FNO4S. The molecular weight excluding hydrogens is 333 g/mol. The Kier molecular flexibility index (Phi) is 6.84. The topological polar surface area (TPSA) is 78.8 Å². The fraction of sp³-hybridized carbons (Fsp3) is 0.412. The predicted octanol–water partition coefficient (Wildman–Crippen LogP) is 1.82. The molecule has 1 heterocycles. The molecule has 0 saturated heterocycles. The third kappa shape index (κ3) is 4.83. The molecule has 1 unspecified atom stereocenters. The number of benzene rings is 1. The van der Waals surface area contributed by atoms with Crippen LogP contribution in [0.15, 0.2) is 24.3 Å². The Balaban J connectivity index is 2.33. The Labute approximate surface area is 145 Å². The summed E-state index contributed by atoms with van der Waals surface area (Å²) in [4.78, 5) is 12.5. The van der Waals surface area contributed by atoms with E-state index in [1.165, 1.54) is 24.3 Å². The van der Waals surface area contributed by atoms with E-state index in [-0.39, 0.29) is 31.6 Å². The maximum Gasteiger partial charge on any atom is 0.249 e. The number of carbonyl (C=O) groups is 1. The highest BCUT2D eigenvalue weighted by Gasteiger charge is 2.22. The number of aliphatic hydroxyl groups is 2. The van der Waals surface area contributed by atoms with Crippen molar-refractivity contribution in [1.29, 1.82) is 0 Å². The van der Waals surface area contributed by atoms with Crippen LogP contribution in [0.25, 0.3) is 5.57 Å². The standard InChI is InChI=1S/C17H20FNO4S/c18-13-3-4-15(23-8-7-21)14(10-13)12-2-1-11(5-6-20)17(24)19-16(22)9-12/h3-4,9-11,20-21H,1-2,5-8H2,(H,19,22,24). The minimum absolute atomic E-state index is 0.0233. The minimum atomic E-state index is -0.438. The van der Waals surface area contributed by atoms with Gasteiger partial charge in [0, 0.05) is 24.2 Å². The van der Waals surface area contributed by atoms with E-state index in [0.29, 0.717) is 41.1 Å². The highest BCUT2D eigenvalue weighted by Crippen LogP contribution is 2.32. The van der Waals surface area contributed by atoms with Crippen LogP contribution in [-0.4, -0.2) is 40.9 Å². The molecule has 0 fully saturated rings. The molecule has 5 nitrogen and oxygen atoms in total. The summed E-state index contributed by atoms with van der Waals surface area (Å²) < 4.78 is 19.1. The van der Waals surface area contributed by atoms with Crippen LogP contribution in [-0.2, 0) is 4.79 Å². The van der Waals surface area contributed by atoms with Crippen LogP contribution in [0.4, 0.5) is 4.39 Å². The van der Waals surface area contributed by atoms with Crippen molar-refractivity contribution in [1.82, 2.24) is 5.32 Å². The van der Waals surface area contributed by atoms with Gasteiger partial charge in [-0.25, -0.2) is 4.39 Å². The van der Waals surface area contributed by atoms with Gasteiger partial charge >= 0.3 is 0 Å². The van der Waals surface area contributed by atoms with Crippen LogP contribution in [0, 0.1) is 11.7 Å². The molecule has 7 heteroatoms. The van der Waals surface area contributed by atoms with Gasteiger partial charge in [0.2, 0.25) is 5.91 Å². The number of hydrogen-bond donors (Lipinski definition) is 3. The number of carbonyl (C=O) groups excluding carboxylic acids is 1. The SMILES string of the molecule is O=C1C=C(c2cc(F)ccc2OCCO)CCC(CCO)C(=S)N1. The summed E-state index contributed by atoms with van der Waals surface area (Å²) in [7, 11) is 0. The van der Waals surface area contributed by atoms with Crippen molar-refractivity contribution >= 4 is 28.7 Å². The molecule has 130 valence electrons. The summed E-state index contributed by atoms with van der Waals surface area (Å²) in [5.41, 5.74) is 1.11. The van der Waals surface area contributed by atoms with Crippen molar-refractivity contribution in [3.8, 4) is 5.75 Å². The van der Waals surface area contributed by atoms with Crippen molar-refractivity contribution in [3.63, 3.8) is 0 Å². The fourth-order valence-corrected chi connectivity index (χ4v) is 2.97. The van der Waals surface area contributed by atoms with Gasteiger partial charge in [-0.2, -0.15) is 0 Å². The zero-order chi connectivity index (χ0) is 17.5. The second-order valence-electron chi connectivity index (χ2n) is 5.48. The number of nitrogens with one attached hydrogen (secondary N) is 1. The first-order valence-electron chi connectivity index (χ1n) is 7.75. The van der Waals surface area contributed by atoms with Gasteiger partial charge in [-0.3, -0.25) is 4.79 Å². The van der Waals surface area contributed by atoms with Crippen LogP contribution >= 0.6 is 12.2 Å². The molecule has 0 radical (unpaired) electrons. The predicted molar refractivity (Wildman–Crippen MR) is 92.1 cm³/mol. The second-order valence-corrected chi connectivity index (χ2v) is 5.92. The van der Waals surface area contributed by atoms with Gasteiger partial charge in [0.15, 0.2) is 0 Å². The molecule has 24 heavy (non-hydrogen) atoms. The molecule has 3 N–H and O–H groups in total. The number of ether oxygens (including phenoxy) is 1. The lowest BCUT2D eigenvalue weighted by Gasteiger charge is -2.22. The summed E-state index contributed by atoms with van der Waals surface area (Å²) in [5.74, 6) is -0.526. The number of amides is 1. The van der Waals surface area contributed by atoms with Gasteiger partial charge in [0.05, 0.1) is 11.6 Å².